The molecular formula is C21H20N2O2. The first kappa shape index (κ1) is 15.5. The maximum atomic E-state index is 13.0. The summed E-state index contributed by atoms with van der Waals surface area (Å²) in [4.78, 5) is 14.9. The average molecular weight is 332 g/mol. The highest BCUT2D eigenvalue weighted by Gasteiger charge is 2.34. The number of para-hydroxylation sites is 1. The minimum absolute atomic E-state index is 0.0387. The number of fused-ring (bicyclic) bond motifs is 2. The van der Waals surface area contributed by atoms with Crippen molar-refractivity contribution in [2.45, 2.75) is 13.1 Å². The molecule has 1 aliphatic rings. The quantitative estimate of drug-likeness (QED) is 0.771. The summed E-state index contributed by atoms with van der Waals surface area (Å²) in [5, 5.41) is 5.75. The number of methoxy groups -OCH3 is 1. The number of carbonyl (C=O) groups excluding carboxylic acids is 1. The molecule has 1 heterocycles. The molecule has 1 amide bonds. The normalized spacial score (nSPS) is 16.5. The zero-order valence-electron chi connectivity index (χ0n) is 14.3. The number of ether oxygens (including phenoxy) is 1. The average Bonchev–Trinajstić information content (AvgIpc) is 2.67. The molecule has 0 saturated carbocycles. The lowest BCUT2D eigenvalue weighted by Crippen LogP contribution is -2.43. The summed E-state index contributed by atoms with van der Waals surface area (Å²) in [5.41, 5.74) is 2.56. The molecule has 1 unspecified atom stereocenters. The molecule has 0 bridgehead atoms. The molecule has 0 saturated heterocycles. The van der Waals surface area contributed by atoms with Gasteiger partial charge in [-0.2, -0.15) is 0 Å². The van der Waals surface area contributed by atoms with Crippen LogP contribution >= 0.6 is 0 Å². The van der Waals surface area contributed by atoms with Crippen molar-refractivity contribution in [3.05, 3.63) is 71.8 Å². The Balaban J connectivity index is 1.95. The fraction of sp³-hybridized carbons (Fsp3) is 0.190. The van der Waals surface area contributed by atoms with Gasteiger partial charge in [0.25, 0.3) is 5.91 Å². The van der Waals surface area contributed by atoms with Crippen molar-refractivity contribution in [1.29, 1.82) is 0 Å². The topological polar surface area (TPSA) is 41.6 Å². The number of anilines is 1. The summed E-state index contributed by atoms with van der Waals surface area (Å²) >= 11 is 0. The summed E-state index contributed by atoms with van der Waals surface area (Å²) in [6.07, 6.45) is -0.270. The molecule has 0 spiro atoms. The molecule has 1 N–H and O–H groups in total. The Bertz CT molecular complexity index is 952. The molecule has 3 aromatic carbocycles. The summed E-state index contributed by atoms with van der Waals surface area (Å²) in [6.45, 7) is 2.61. The lowest BCUT2D eigenvalue weighted by molar-refractivity contribution is 0.0694. The minimum Gasteiger partial charge on any atom is -0.496 e. The van der Waals surface area contributed by atoms with Crippen molar-refractivity contribution in [2.75, 3.05) is 19.0 Å². The summed E-state index contributed by atoms with van der Waals surface area (Å²) in [6, 6.07) is 19.9. The van der Waals surface area contributed by atoms with Crippen LogP contribution in [-0.4, -0.2) is 24.5 Å². The monoisotopic (exact) mass is 332 g/mol. The van der Waals surface area contributed by atoms with Crippen LogP contribution in [0.15, 0.2) is 60.7 Å². The SMILES string of the molecule is CCN1C(=O)c2ccccc2NC1c1c(OC)ccc2ccccc12. The van der Waals surface area contributed by atoms with E-state index in [0.717, 1.165) is 27.8 Å². The van der Waals surface area contributed by atoms with Gasteiger partial charge in [-0.15, -0.1) is 0 Å². The van der Waals surface area contributed by atoms with Crippen LogP contribution in [0.25, 0.3) is 10.8 Å². The zero-order valence-corrected chi connectivity index (χ0v) is 14.3. The third-order valence-corrected chi connectivity index (χ3v) is 4.79. The van der Waals surface area contributed by atoms with Gasteiger partial charge in [0.2, 0.25) is 0 Å². The van der Waals surface area contributed by atoms with Crippen molar-refractivity contribution in [1.82, 2.24) is 4.90 Å². The Morgan fingerprint density at radius 2 is 1.80 bits per heavy atom. The molecule has 4 heteroatoms. The Kier molecular flexibility index (Phi) is 3.80. The Hall–Kier alpha value is -3.01. The number of benzene rings is 3. The molecule has 0 radical (unpaired) electrons. The molecule has 3 aromatic rings. The molecule has 1 aliphatic heterocycles. The van der Waals surface area contributed by atoms with E-state index >= 15 is 0 Å². The van der Waals surface area contributed by atoms with Gasteiger partial charge in [0.15, 0.2) is 0 Å². The molecule has 0 fully saturated rings. The van der Waals surface area contributed by atoms with E-state index in [1.54, 1.807) is 7.11 Å². The predicted molar refractivity (Wildman–Crippen MR) is 100 cm³/mol. The smallest absolute Gasteiger partial charge is 0.257 e. The second-order valence-electron chi connectivity index (χ2n) is 6.09. The Morgan fingerprint density at radius 3 is 2.60 bits per heavy atom. The van der Waals surface area contributed by atoms with E-state index in [1.807, 2.05) is 60.4 Å². The van der Waals surface area contributed by atoms with Crippen molar-refractivity contribution < 1.29 is 9.53 Å². The summed E-state index contributed by atoms with van der Waals surface area (Å²) < 4.78 is 5.64. The lowest BCUT2D eigenvalue weighted by Gasteiger charge is -2.38. The number of nitrogens with zero attached hydrogens (tertiary/aromatic N) is 1. The van der Waals surface area contributed by atoms with E-state index < -0.39 is 0 Å². The largest absolute Gasteiger partial charge is 0.496 e. The molecule has 4 nitrogen and oxygen atoms in total. The Labute approximate surface area is 147 Å². The van der Waals surface area contributed by atoms with Gasteiger partial charge in [-0.1, -0.05) is 42.5 Å². The summed E-state index contributed by atoms with van der Waals surface area (Å²) in [5.74, 6) is 0.818. The predicted octanol–water partition coefficient (Wildman–Crippen LogP) is 4.43. The zero-order chi connectivity index (χ0) is 17.4. The van der Waals surface area contributed by atoms with E-state index in [2.05, 4.69) is 17.4 Å². The Morgan fingerprint density at radius 1 is 1.04 bits per heavy atom. The first-order chi connectivity index (χ1) is 12.2. The standard InChI is InChI=1S/C21H20N2O2/c1-3-23-20(22-17-11-7-6-10-16(17)21(23)24)19-15-9-5-4-8-14(15)12-13-18(19)25-2/h4-13,20,22H,3H2,1-2H3. The fourth-order valence-corrected chi connectivity index (χ4v) is 3.58. The molecule has 4 rings (SSSR count). The first-order valence-corrected chi connectivity index (χ1v) is 8.46. The number of hydrogen-bond donors (Lipinski definition) is 1. The number of hydrogen-bond acceptors (Lipinski definition) is 3. The number of amides is 1. The molecule has 126 valence electrons. The van der Waals surface area contributed by atoms with Crippen molar-refractivity contribution >= 4 is 22.4 Å². The van der Waals surface area contributed by atoms with E-state index in [1.165, 1.54) is 0 Å². The highest BCUT2D eigenvalue weighted by atomic mass is 16.5. The van der Waals surface area contributed by atoms with Crippen LogP contribution < -0.4 is 10.1 Å². The number of nitrogens with one attached hydrogen (secondary N) is 1. The van der Waals surface area contributed by atoms with Gasteiger partial charge in [0.1, 0.15) is 11.9 Å². The van der Waals surface area contributed by atoms with Crippen LogP contribution in [0.2, 0.25) is 0 Å². The van der Waals surface area contributed by atoms with Crippen molar-refractivity contribution in [2.24, 2.45) is 0 Å². The van der Waals surface area contributed by atoms with Gasteiger partial charge in [0.05, 0.1) is 12.7 Å². The van der Waals surface area contributed by atoms with E-state index in [9.17, 15) is 4.79 Å². The van der Waals surface area contributed by atoms with Gasteiger partial charge in [-0.25, -0.2) is 0 Å². The van der Waals surface area contributed by atoms with E-state index in [4.69, 9.17) is 4.74 Å². The first-order valence-electron chi connectivity index (χ1n) is 8.46. The third-order valence-electron chi connectivity index (χ3n) is 4.79. The van der Waals surface area contributed by atoms with Crippen LogP contribution in [0.5, 0.6) is 5.75 Å². The summed E-state index contributed by atoms with van der Waals surface area (Å²) in [7, 11) is 1.67. The van der Waals surface area contributed by atoms with Crippen molar-refractivity contribution in [3.8, 4) is 5.75 Å². The van der Waals surface area contributed by atoms with Gasteiger partial charge >= 0.3 is 0 Å². The molecule has 25 heavy (non-hydrogen) atoms. The van der Waals surface area contributed by atoms with E-state index in [0.29, 0.717) is 12.1 Å². The fourth-order valence-electron chi connectivity index (χ4n) is 3.58. The number of rotatable bonds is 3. The van der Waals surface area contributed by atoms with Crippen LogP contribution in [0.3, 0.4) is 0 Å². The van der Waals surface area contributed by atoms with Gasteiger partial charge in [-0.3, -0.25) is 4.79 Å². The van der Waals surface area contributed by atoms with Gasteiger partial charge in [0, 0.05) is 17.8 Å². The highest BCUT2D eigenvalue weighted by molar-refractivity contribution is 6.02. The minimum atomic E-state index is -0.270. The highest BCUT2D eigenvalue weighted by Crippen LogP contribution is 2.40. The van der Waals surface area contributed by atoms with Crippen molar-refractivity contribution in [3.63, 3.8) is 0 Å². The van der Waals surface area contributed by atoms with Crippen LogP contribution in [0, 0.1) is 0 Å². The third kappa shape index (κ3) is 2.41. The number of carbonyl (C=O) groups is 1. The van der Waals surface area contributed by atoms with E-state index in [-0.39, 0.29) is 12.1 Å². The van der Waals surface area contributed by atoms with Gasteiger partial charge < -0.3 is 15.0 Å². The maximum absolute atomic E-state index is 13.0. The van der Waals surface area contributed by atoms with Crippen LogP contribution in [0.1, 0.15) is 29.0 Å². The molecule has 1 atom stereocenters. The molecule has 0 aromatic heterocycles. The van der Waals surface area contributed by atoms with Gasteiger partial charge in [-0.05, 0) is 35.9 Å². The second-order valence-corrected chi connectivity index (χ2v) is 6.09. The lowest BCUT2D eigenvalue weighted by atomic mass is 9.97. The second kappa shape index (κ2) is 6.13. The van der Waals surface area contributed by atoms with Crippen LogP contribution in [0.4, 0.5) is 5.69 Å². The molecule has 0 aliphatic carbocycles. The van der Waals surface area contributed by atoms with Crippen LogP contribution in [-0.2, 0) is 0 Å². The molecular weight excluding hydrogens is 312 g/mol. The maximum Gasteiger partial charge on any atom is 0.257 e.